The van der Waals surface area contributed by atoms with Crippen LogP contribution >= 0.6 is 0 Å². The highest BCUT2D eigenvalue weighted by Crippen LogP contribution is 2.34. The van der Waals surface area contributed by atoms with Crippen LogP contribution in [0.5, 0.6) is 0 Å². The third-order valence-electron chi connectivity index (χ3n) is 3.80. The van der Waals surface area contributed by atoms with Crippen LogP contribution in [0.4, 0.5) is 0 Å². The first-order valence-electron chi connectivity index (χ1n) is 6.32. The zero-order valence-electron chi connectivity index (χ0n) is 11.5. The molecule has 0 radical (unpaired) electrons. The van der Waals surface area contributed by atoms with Crippen LogP contribution in [0.2, 0.25) is 0 Å². The molecule has 1 saturated heterocycles. The summed E-state index contributed by atoms with van der Waals surface area (Å²) in [5.41, 5.74) is 5.26. The largest absolute Gasteiger partial charge is 0.328 e. The van der Waals surface area contributed by atoms with Gasteiger partial charge in [-0.25, -0.2) is 0 Å². The van der Waals surface area contributed by atoms with Gasteiger partial charge in [-0.15, -0.1) is 0 Å². The number of hydrogen-bond donors (Lipinski definition) is 1. The lowest BCUT2D eigenvalue weighted by Crippen LogP contribution is -2.55. The Morgan fingerprint density at radius 2 is 1.65 bits per heavy atom. The number of hydrogen-bond acceptors (Lipinski definition) is 3. The van der Waals surface area contributed by atoms with E-state index in [9.17, 15) is 9.59 Å². The molecular weight excluding hydrogens is 216 g/mol. The first-order chi connectivity index (χ1) is 7.74. The fraction of sp³-hybridized carbons (Fsp3) is 0.846. The molecule has 3 unspecified atom stereocenters. The van der Waals surface area contributed by atoms with Crippen LogP contribution in [-0.2, 0) is 9.59 Å². The van der Waals surface area contributed by atoms with Crippen LogP contribution in [0.25, 0.3) is 0 Å². The van der Waals surface area contributed by atoms with Gasteiger partial charge in [0, 0.05) is 18.4 Å². The van der Waals surface area contributed by atoms with Gasteiger partial charge in [0.2, 0.25) is 11.8 Å². The van der Waals surface area contributed by atoms with E-state index in [0.29, 0.717) is 12.5 Å². The Hall–Kier alpha value is -0.900. The maximum Gasteiger partial charge on any atom is 0.233 e. The molecule has 0 spiro atoms. The van der Waals surface area contributed by atoms with E-state index in [1.165, 1.54) is 4.90 Å². The molecule has 0 aromatic heterocycles. The number of likely N-dealkylation sites (tertiary alicyclic amines) is 1. The van der Waals surface area contributed by atoms with E-state index in [4.69, 9.17) is 5.73 Å². The number of carbonyl (C=O) groups excluding carboxylic acids is 2. The highest BCUT2D eigenvalue weighted by Gasteiger charge is 2.49. The van der Waals surface area contributed by atoms with Crippen LogP contribution in [-0.4, -0.2) is 28.8 Å². The Kier molecular flexibility index (Phi) is 3.97. The minimum absolute atomic E-state index is 0.0731. The Balaban J connectivity index is 3.04. The average molecular weight is 240 g/mol. The van der Waals surface area contributed by atoms with Crippen molar-refractivity contribution in [2.45, 2.75) is 46.6 Å². The summed E-state index contributed by atoms with van der Waals surface area (Å²) in [5.74, 6) is -0.191. The third kappa shape index (κ3) is 2.37. The van der Waals surface area contributed by atoms with Crippen molar-refractivity contribution in [3.05, 3.63) is 0 Å². The predicted octanol–water partition coefficient (Wildman–Crippen LogP) is 1.39. The van der Waals surface area contributed by atoms with Gasteiger partial charge in [-0.05, 0) is 19.3 Å². The van der Waals surface area contributed by atoms with Crippen molar-refractivity contribution < 1.29 is 9.59 Å². The van der Waals surface area contributed by atoms with Gasteiger partial charge in [-0.2, -0.15) is 0 Å². The van der Waals surface area contributed by atoms with Gasteiger partial charge < -0.3 is 5.73 Å². The van der Waals surface area contributed by atoms with Gasteiger partial charge in [-0.3, -0.25) is 14.5 Å². The Morgan fingerprint density at radius 3 is 1.94 bits per heavy atom. The van der Waals surface area contributed by atoms with E-state index >= 15 is 0 Å². The monoisotopic (exact) mass is 240 g/mol. The van der Waals surface area contributed by atoms with Gasteiger partial charge in [0.05, 0.1) is 5.54 Å². The lowest BCUT2D eigenvalue weighted by Gasteiger charge is -2.38. The maximum atomic E-state index is 12.2. The van der Waals surface area contributed by atoms with Crippen molar-refractivity contribution >= 4 is 11.8 Å². The normalized spacial score (nSPS) is 29.0. The van der Waals surface area contributed by atoms with E-state index in [-0.39, 0.29) is 23.7 Å². The molecule has 98 valence electrons. The molecule has 2 amide bonds. The second-order valence-corrected chi connectivity index (χ2v) is 5.89. The summed E-state index contributed by atoms with van der Waals surface area (Å²) in [4.78, 5) is 25.7. The number of imide groups is 1. The van der Waals surface area contributed by atoms with E-state index in [0.717, 1.165) is 6.42 Å². The minimum Gasteiger partial charge on any atom is -0.328 e. The molecular formula is C13H24N2O2. The van der Waals surface area contributed by atoms with Crippen LogP contribution in [0, 0.1) is 17.8 Å². The quantitative estimate of drug-likeness (QED) is 0.755. The van der Waals surface area contributed by atoms with Crippen LogP contribution < -0.4 is 5.73 Å². The summed E-state index contributed by atoms with van der Waals surface area (Å²) in [6.07, 6.45) is 0.750. The SMILES string of the molecule is CC(C)CC(C)(CN)N1C(=O)C(C)C(C)C1=O. The Morgan fingerprint density at radius 1 is 1.24 bits per heavy atom. The number of amides is 2. The second kappa shape index (κ2) is 4.77. The number of nitrogens with two attached hydrogens (primary N) is 1. The fourth-order valence-electron chi connectivity index (χ4n) is 2.62. The van der Waals surface area contributed by atoms with Gasteiger partial charge in [0.15, 0.2) is 0 Å². The molecule has 0 aromatic carbocycles. The van der Waals surface area contributed by atoms with Crippen molar-refractivity contribution in [1.82, 2.24) is 4.90 Å². The molecule has 1 rings (SSSR count). The molecule has 1 aliphatic rings. The molecule has 1 heterocycles. The van der Waals surface area contributed by atoms with Gasteiger partial charge in [0.25, 0.3) is 0 Å². The lowest BCUT2D eigenvalue weighted by molar-refractivity contribution is -0.146. The maximum absolute atomic E-state index is 12.2. The van der Waals surface area contributed by atoms with Crippen molar-refractivity contribution in [2.75, 3.05) is 6.54 Å². The van der Waals surface area contributed by atoms with Crippen molar-refractivity contribution in [2.24, 2.45) is 23.5 Å². The molecule has 4 nitrogen and oxygen atoms in total. The summed E-state index contributed by atoms with van der Waals surface area (Å²) >= 11 is 0. The zero-order chi connectivity index (χ0) is 13.4. The van der Waals surface area contributed by atoms with Gasteiger partial charge in [0.1, 0.15) is 0 Å². The first kappa shape index (κ1) is 14.2. The minimum atomic E-state index is -0.540. The smallest absolute Gasteiger partial charge is 0.233 e. The number of rotatable bonds is 4. The second-order valence-electron chi connectivity index (χ2n) is 5.89. The molecule has 17 heavy (non-hydrogen) atoms. The summed E-state index contributed by atoms with van der Waals surface area (Å²) in [6.45, 7) is 10.0. The highest BCUT2D eigenvalue weighted by atomic mass is 16.2. The standard InChI is InChI=1S/C13H24N2O2/c1-8(2)6-13(5,7-14)15-11(16)9(3)10(4)12(15)17/h8-10H,6-7,14H2,1-5H3. The molecule has 1 fully saturated rings. The van der Waals surface area contributed by atoms with E-state index < -0.39 is 5.54 Å². The zero-order valence-corrected chi connectivity index (χ0v) is 11.5. The molecule has 2 N–H and O–H groups in total. The van der Waals surface area contributed by atoms with E-state index in [2.05, 4.69) is 13.8 Å². The topological polar surface area (TPSA) is 63.4 Å². The molecule has 0 saturated carbocycles. The molecule has 1 aliphatic heterocycles. The lowest BCUT2D eigenvalue weighted by atomic mass is 9.89. The van der Waals surface area contributed by atoms with E-state index in [1.54, 1.807) is 0 Å². The predicted molar refractivity (Wildman–Crippen MR) is 67.1 cm³/mol. The van der Waals surface area contributed by atoms with Gasteiger partial charge >= 0.3 is 0 Å². The van der Waals surface area contributed by atoms with Crippen LogP contribution in [0.3, 0.4) is 0 Å². The summed E-state index contributed by atoms with van der Waals surface area (Å²) in [7, 11) is 0. The molecule has 0 aliphatic carbocycles. The first-order valence-corrected chi connectivity index (χ1v) is 6.32. The van der Waals surface area contributed by atoms with Crippen molar-refractivity contribution in [1.29, 1.82) is 0 Å². The summed E-state index contributed by atoms with van der Waals surface area (Å²) < 4.78 is 0. The summed E-state index contributed by atoms with van der Waals surface area (Å²) in [5, 5.41) is 0. The van der Waals surface area contributed by atoms with Crippen molar-refractivity contribution in [3.8, 4) is 0 Å². The molecule has 4 heteroatoms. The third-order valence-corrected chi connectivity index (χ3v) is 3.80. The fourth-order valence-corrected chi connectivity index (χ4v) is 2.62. The molecule has 0 aromatic rings. The Bertz CT molecular complexity index is 307. The number of carbonyl (C=O) groups is 2. The summed E-state index contributed by atoms with van der Waals surface area (Å²) in [6, 6.07) is 0. The molecule has 0 bridgehead atoms. The number of nitrogens with zero attached hydrogens (tertiary/aromatic N) is 1. The Labute approximate surface area is 104 Å². The van der Waals surface area contributed by atoms with Crippen LogP contribution in [0.1, 0.15) is 41.0 Å². The average Bonchev–Trinajstić information content (AvgIpc) is 2.42. The highest BCUT2D eigenvalue weighted by molar-refractivity contribution is 6.05. The van der Waals surface area contributed by atoms with Gasteiger partial charge in [-0.1, -0.05) is 27.7 Å². The molecule has 3 atom stereocenters. The van der Waals surface area contributed by atoms with Crippen LogP contribution in [0.15, 0.2) is 0 Å². The van der Waals surface area contributed by atoms with Crippen molar-refractivity contribution in [3.63, 3.8) is 0 Å². The van der Waals surface area contributed by atoms with E-state index in [1.807, 2.05) is 20.8 Å².